The molecule has 24 heavy (non-hydrogen) atoms. The van der Waals surface area contributed by atoms with Crippen LogP contribution in [0.5, 0.6) is 0 Å². The molecule has 1 heterocycles. The quantitative estimate of drug-likeness (QED) is 0.494. The maximum atomic E-state index is 6.52. The molecule has 0 spiro atoms. The zero-order valence-corrected chi connectivity index (χ0v) is 15.7. The van der Waals surface area contributed by atoms with E-state index in [1.807, 2.05) is 24.3 Å². The SMILES string of the molecule is Cc1ccc(Cl)c2c(CCCCN)c(-c3cccc(Cl)c3Cl)[nH]c12. The van der Waals surface area contributed by atoms with Crippen LogP contribution in [0.15, 0.2) is 30.3 Å². The lowest BCUT2D eigenvalue weighted by Gasteiger charge is -2.08. The highest BCUT2D eigenvalue weighted by atomic mass is 35.5. The van der Waals surface area contributed by atoms with E-state index in [1.165, 1.54) is 5.56 Å². The van der Waals surface area contributed by atoms with E-state index in [-0.39, 0.29) is 0 Å². The number of aromatic amines is 1. The van der Waals surface area contributed by atoms with Gasteiger partial charge in [0.25, 0.3) is 0 Å². The van der Waals surface area contributed by atoms with Crippen LogP contribution in [0.1, 0.15) is 24.0 Å². The molecular formula is C19H19Cl3N2. The second-order valence-electron chi connectivity index (χ2n) is 5.94. The summed E-state index contributed by atoms with van der Waals surface area (Å²) < 4.78 is 0. The highest BCUT2D eigenvalue weighted by molar-refractivity contribution is 6.43. The second-order valence-corrected chi connectivity index (χ2v) is 7.13. The fourth-order valence-electron chi connectivity index (χ4n) is 3.09. The van der Waals surface area contributed by atoms with Gasteiger partial charge >= 0.3 is 0 Å². The van der Waals surface area contributed by atoms with Crippen molar-refractivity contribution < 1.29 is 0 Å². The van der Waals surface area contributed by atoms with Crippen molar-refractivity contribution in [3.05, 3.63) is 56.5 Å². The van der Waals surface area contributed by atoms with E-state index in [4.69, 9.17) is 40.5 Å². The molecule has 0 amide bonds. The van der Waals surface area contributed by atoms with E-state index in [0.29, 0.717) is 16.6 Å². The first-order valence-corrected chi connectivity index (χ1v) is 9.12. The van der Waals surface area contributed by atoms with Crippen LogP contribution in [0.3, 0.4) is 0 Å². The molecule has 0 unspecified atom stereocenters. The predicted octanol–water partition coefficient (Wildman–Crippen LogP) is 6.38. The van der Waals surface area contributed by atoms with E-state index < -0.39 is 0 Å². The molecule has 0 fully saturated rings. The number of aromatic nitrogens is 1. The van der Waals surface area contributed by atoms with E-state index >= 15 is 0 Å². The zero-order chi connectivity index (χ0) is 17.3. The fourth-order valence-corrected chi connectivity index (χ4v) is 3.75. The summed E-state index contributed by atoms with van der Waals surface area (Å²) in [6.45, 7) is 2.75. The summed E-state index contributed by atoms with van der Waals surface area (Å²) in [7, 11) is 0. The Kier molecular flexibility index (Phi) is 5.41. The van der Waals surface area contributed by atoms with Gasteiger partial charge in [0.1, 0.15) is 0 Å². The van der Waals surface area contributed by atoms with Gasteiger partial charge in [-0.3, -0.25) is 0 Å². The van der Waals surface area contributed by atoms with Gasteiger partial charge in [0, 0.05) is 10.9 Å². The zero-order valence-electron chi connectivity index (χ0n) is 13.4. The first-order chi connectivity index (χ1) is 11.5. The van der Waals surface area contributed by atoms with Crippen molar-refractivity contribution >= 4 is 45.7 Å². The number of hydrogen-bond acceptors (Lipinski definition) is 1. The number of nitrogens with one attached hydrogen (secondary N) is 1. The fraction of sp³-hybridized carbons (Fsp3) is 0.263. The molecule has 126 valence electrons. The van der Waals surface area contributed by atoms with Gasteiger partial charge in [-0.1, -0.05) is 53.0 Å². The van der Waals surface area contributed by atoms with Gasteiger partial charge in [-0.05, 0) is 56.0 Å². The summed E-state index contributed by atoms with van der Waals surface area (Å²) in [6.07, 6.45) is 2.86. The van der Waals surface area contributed by atoms with Crippen molar-refractivity contribution in [1.29, 1.82) is 0 Å². The molecule has 0 aliphatic carbocycles. The Balaban J connectivity index is 2.26. The molecule has 5 heteroatoms. The molecular weight excluding hydrogens is 363 g/mol. The van der Waals surface area contributed by atoms with Crippen LogP contribution in [-0.2, 0) is 6.42 Å². The summed E-state index contributed by atoms with van der Waals surface area (Å²) >= 11 is 19.2. The molecule has 0 radical (unpaired) electrons. The van der Waals surface area contributed by atoms with E-state index in [2.05, 4.69) is 11.9 Å². The Morgan fingerprint density at radius 2 is 1.79 bits per heavy atom. The van der Waals surface area contributed by atoms with Crippen LogP contribution < -0.4 is 5.73 Å². The van der Waals surface area contributed by atoms with Crippen molar-refractivity contribution in [3.63, 3.8) is 0 Å². The molecule has 0 bridgehead atoms. The summed E-state index contributed by atoms with van der Waals surface area (Å²) in [4.78, 5) is 3.53. The van der Waals surface area contributed by atoms with Crippen LogP contribution >= 0.6 is 34.8 Å². The Hall–Kier alpha value is -1.19. The maximum Gasteiger partial charge on any atom is 0.0685 e. The number of H-pyrrole nitrogens is 1. The highest BCUT2D eigenvalue weighted by Crippen LogP contribution is 2.40. The van der Waals surface area contributed by atoms with Gasteiger partial charge in [0.15, 0.2) is 0 Å². The van der Waals surface area contributed by atoms with Crippen molar-refractivity contribution in [2.24, 2.45) is 5.73 Å². The van der Waals surface area contributed by atoms with Gasteiger partial charge in [-0.15, -0.1) is 0 Å². The minimum Gasteiger partial charge on any atom is -0.354 e. The Bertz CT molecular complexity index is 884. The molecule has 3 aromatic rings. The average Bonchev–Trinajstić information content (AvgIpc) is 2.95. The Morgan fingerprint density at radius 1 is 1.00 bits per heavy atom. The number of benzene rings is 2. The highest BCUT2D eigenvalue weighted by Gasteiger charge is 2.19. The van der Waals surface area contributed by atoms with Gasteiger partial charge in [0.05, 0.1) is 26.3 Å². The number of aryl methyl sites for hydroxylation is 2. The summed E-state index contributed by atoms with van der Waals surface area (Å²) in [6, 6.07) is 9.65. The number of halogens is 3. The molecule has 0 aliphatic heterocycles. The van der Waals surface area contributed by atoms with Gasteiger partial charge in [-0.2, -0.15) is 0 Å². The molecule has 0 saturated carbocycles. The second kappa shape index (κ2) is 7.37. The van der Waals surface area contributed by atoms with Crippen molar-refractivity contribution in [2.75, 3.05) is 6.54 Å². The summed E-state index contributed by atoms with van der Waals surface area (Å²) in [5.74, 6) is 0. The summed E-state index contributed by atoms with van der Waals surface area (Å²) in [5.41, 5.74) is 10.9. The standard InChI is InChI=1S/C19H19Cl3N2/c1-11-8-9-14(20)16-12(5-2-3-10-23)19(24-18(11)16)13-6-4-7-15(21)17(13)22/h4,6-9,24H,2-3,5,10,23H2,1H3. The minimum atomic E-state index is 0.545. The Morgan fingerprint density at radius 3 is 2.54 bits per heavy atom. The normalized spacial score (nSPS) is 11.4. The average molecular weight is 382 g/mol. The van der Waals surface area contributed by atoms with E-state index in [0.717, 1.165) is 52.0 Å². The minimum absolute atomic E-state index is 0.545. The smallest absolute Gasteiger partial charge is 0.0685 e. The van der Waals surface area contributed by atoms with Gasteiger partial charge in [0.2, 0.25) is 0 Å². The lowest BCUT2D eigenvalue weighted by molar-refractivity contribution is 0.748. The molecule has 0 saturated heterocycles. The van der Waals surface area contributed by atoms with Crippen LogP contribution in [0.4, 0.5) is 0 Å². The van der Waals surface area contributed by atoms with Crippen LogP contribution in [0.2, 0.25) is 15.1 Å². The van der Waals surface area contributed by atoms with Crippen molar-refractivity contribution in [1.82, 2.24) is 4.98 Å². The predicted molar refractivity (Wildman–Crippen MR) is 105 cm³/mol. The molecule has 0 aliphatic rings. The number of unbranched alkanes of at least 4 members (excludes halogenated alkanes) is 1. The molecule has 1 aromatic heterocycles. The van der Waals surface area contributed by atoms with E-state index in [1.54, 1.807) is 6.07 Å². The molecule has 3 N–H and O–H groups in total. The topological polar surface area (TPSA) is 41.8 Å². The third kappa shape index (κ3) is 3.16. The van der Waals surface area contributed by atoms with Crippen LogP contribution in [0, 0.1) is 6.92 Å². The van der Waals surface area contributed by atoms with Crippen molar-refractivity contribution in [3.8, 4) is 11.3 Å². The van der Waals surface area contributed by atoms with Crippen LogP contribution in [0.25, 0.3) is 22.2 Å². The molecule has 0 atom stereocenters. The lowest BCUT2D eigenvalue weighted by atomic mass is 9.99. The molecule has 2 nitrogen and oxygen atoms in total. The lowest BCUT2D eigenvalue weighted by Crippen LogP contribution is -1.99. The Labute approximate surface area is 156 Å². The first kappa shape index (κ1) is 17.6. The number of hydrogen-bond donors (Lipinski definition) is 2. The van der Waals surface area contributed by atoms with Gasteiger partial charge in [-0.25, -0.2) is 0 Å². The summed E-state index contributed by atoms with van der Waals surface area (Å²) in [5, 5.41) is 2.92. The third-order valence-corrected chi connectivity index (χ3v) is 5.45. The first-order valence-electron chi connectivity index (χ1n) is 7.98. The number of fused-ring (bicyclic) bond motifs is 1. The largest absolute Gasteiger partial charge is 0.354 e. The van der Waals surface area contributed by atoms with Crippen LogP contribution in [-0.4, -0.2) is 11.5 Å². The molecule has 3 rings (SSSR count). The van der Waals surface area contributed by atoms with Gasteiger partial charge < -0.3 is 10.7 Å². The number of nitrogens with two attached hydrogens (primary N) is 1. The maximum absolute atomic E-state index is 6.52. The third-order valence-electron chi connectivity index (χ3n) is 4.32. The van der Waals surface area contributed by atoms with E-state index in [9.17, 15) is 0 Å². The van der Waals surface area contributed by atoms with Crippen molar-refractivity contribution in [2.45, 2.75) is 26.2 Å². The molecule has 2 aromatic carbocycles. The monoisotopic (exact) mass is 380 g/mol. The number of rotatable bonds is 5.